The lowest BCUT2D eigenvalue weighted by atomic mass is 10.1. The van der Waals surface area contributed by atoms with Gasteiger partial charge < -0.3 is 4.57 Å². The highest BCUT2D eigenvalue weighted by molar-refractivity contribution is 9.10. The summed E-state index contributed by atoms with van der Waals surface area (Å²) in [6.07, 6.45) is 1.83. The third kappa shape index (κ3) is 2.89. The van der Waals surface area contributed by atoms with Crippen molar-refractivity contribution in [2.75, 3.05) is 5.88 Å². The molecule has 3 aromatic rings. The van der Waals surface area contributed by atoms with Gasteiger partial charge in [-0.1, -0.05) is 28.9 Å². The van der Waals surface area contributed by atoms with E-state index in [-0.39, 0.29) is 0 Å². The van der Waals surface area contributed by atoms with Gasteiger partial charge in [-0.15, -0.1) is 22.9 Å². The zero-order valence-corrected chi connectivity index (χ0v) is 14.9. The zero-order valence-electron chi connectivity index (χ0n) is 11.7. The van der Waals surface area contributed by atoms with Crippen LogP contribution in [0.25, 0.3) is 11.0 Å². The van der Waals surface area contributed by atoms with Gasteiger partial charge in [0.2, 0.25) is 0 Å². The summed E-state index contributed by atoms with van der Waals surface area (Å²) in [6.45, 7) is 2.22. The van der Waals surface area contributed by atoms with Crippen LogP contribution in [0.4, 0.5) is 0 Å². The molecule has 110 valence electrons. The first kappa shape index (κ1) is 15.1. The summed E-state index contributed by atoms with van der Waals surface area (Å²) in [5, 5.41) is 2.13. The van der Waals surface area contributed by atoms with E-state index in [1.807, 2.05) is 0 Å². The average Bonchev–Trinajstić information content (AvgIpc) is 3.09. The Kier molecular flexibility index (Phi) is 4.67. The fraction of sp³-hybridized carbons (Fsp3) is 0.312. The predicted octanol–water partition coefficient (Wildman–Crippen LogP) is 5.64. The van der Waals surface area contributed by atoms with Crippen LogP contribution in [0.15, 0.2) is 40.2 Å². The second kappa shape index (κ2) is 6.51. The van der Waals surface area contributed by atoms with Gasteiger partial charge in [0.15, 0.2) is 0 Å². The number of aromatic nitrogens is 2. The fourth-order valence-electron chi connectivity index (χ4n) is 2.72. The first-order valence-corrected chi connectivity index (χ1v) is 9.21. The van der Waals surface area contributed by atoms with Gasteiger partial charge >= 0.3 is 0 Å². The number of rotatable bonds is 5. The lowest BCUT2D eigenvalue weighted by Crippen LogP contribution is -2.12. The first-order chi connectivity index (χ1) is 10.2. The summed E-state index contributed by atoms with van der Waals surface area (Å²) in [5.41, 5.74) is 2.21. The van der Waals surface area contributed by atoms with E-state index in [0.717, 1.165) is 28.7 Å². The van der Waals surface area contributed by atoms with Gasteiger partial charge in [-0.05, 0) is 36.1 Å². The van der Waals surface area contributed by atoms with Crippen molar-refractivity contribution in [3.63, 3.8) is 0 Å². The summed E-state index contributed by atoms with van der Waals surface area (Å²) in [6, 6.07) is 10.9. The minimum atomic E-state index is 0.328. The minimum absolute atomic E-state index is 0.328. The van der Waals surface area contributed by atoms with E-state index in [2.05, 4.69) is 63.1 Å². The number of hydrogen-bond donors (Lipinski definition) is 0. The molecule has 5 heteroatoms. The summed E-state index contributed by atoms with van der Waals surface area (Å²) in [4.78, 5) is 6.17. The van der Waals surface area contributed by atoms with E-state index in [9.17, 15) is 0 Å². The van der Waals surface area contributed by atoms with Crippen molar-refractivity contribution in [3.8, 4) is 0 Å². The van der Waals surface area contributed by atoms with E-state index in [1.54, 1.807) is 11.3 Å². The van der Waals surface area contributed by atoms with Crippen LogP contribution >= 0.6 is 38.9 Å². The zero-order chi connectivity index (χ0) is 14.8. The van der Waals surface area contributed by atoms with Crippen LogP contribution in [-0.2, 0) is 6.42 Å². The number of fused-ring (bicyclic) bond motifs is 1. The molecular weight excluding hydrogens is 368 g/mol. The third-order valence-electron chi connectivity index (χ3n) is 3.61. The maximum absolute atomic E-state index is 5.98. The lowest BCUT2D eigenvalue weighted by Gasteiger charge is -2.19. The highest BCUT2D eigenvalue weighted by Gasteiger charge is 2.20. The molecule has 0 amide bonds. The molecule has 0 saturated heterocycles. The minimum Gasteiger partial charge on any atom is -0.319 e. The molecule has 3 rings (SSSR count). The number of benzene rings is 1. The Morgan fingerprint density at radius 1 is 1.38 bits per heavy atom. The molecule has 0 N–H and O–H groups in total. The standard InChI is InChI=1S/C16H16BrClN2S/c1-2-13(15-4-3-9-21-15)20-14-6-5-11(17)10-12(14)19-16(20)7-8-18/h3-6,9-10,13H,2,7-8H2,1H3. The summed E-state index contributed by atoms with van der Waals surface area (Å²) >= 11 is 11.3. The Balaban J connectivity index is 2.20. The van der Waals surface area contributed by atoms with Crippen LogP contribution in [0, 0.1) is 0 Å². The number of nitrogens with zero attached hydrogens (tertiary/aromatic N) is 2. The number of imidazole rings is 1. The number of halogens is 2. The van der Waals surface area contributed by atoms with Crippen LogP contribution in [0.2, 0.25) is 0 Å². The highest BCUT2D eigenvalue weighted by Crippen LogP contribution is 2.32. The van der Waals surface area contributed by atoms with Crippen molar-refractivity contribution < 1.29 is 0 Å². The second-order valence-corrected chi connectivity index (χ2v) is 7.18. The molecule has 0 spiro atoms. The van der Waals surface area contributed by atoms with Gasteiger partial charge in [-0.25, -0.2) is 4.98 Å². The monoisotopic (exact) mass is 382 g/mol. The van der Waals surface area contributed by atoms with Gasteiger partial charge in [0, 0.05) is 21.7 Å². The van der Waals surface area contributed by atoms with Crippen molar-refractivity contribution in [1.82, 2.24) is 9.55 Å². The van der Waals surface area contributed by atoms with Crippen LogP contribution in [-0.4, -0.2) is 15.4 Å². The van der Waals surface area contributed by atoms with Gasteiger partial charge in [0.25, 0.3) is 0 Å². The van der Waals surface area contributed by atoms with Crippen molar-refractivity contribution in [3.05, 3.63) is 50.9 Å². The summed E-state index contributed by atoms with van der Waals surface area (Å²) < 4.78 is 3.41. The fourth-order valence-corrected chi connectivity index (χ4v) is 4.14. The van der Waals surface area contributed by atoms with Crippen molar-refractivity contribution in [2.45, 2.75) is 25.8 Å². The van der Waals surface area contributed by atoms with E-state index in [4.69, 9.17) is 16.6 Å². The Bertz CT molecular complexity index is 736. The van der Waals surface area contributed by atoms with Gasteiger partial charge in [0.05, 0.1) is 17.1 Å². The highest BCUT2D eigenvalue weighted by atomic mass is 79.9. The molecule has 0 aliphatic rings. The number of hydrogen-bond acceptors (Lipinski definition) is 2. The van der Waals surface area contributed by atoms with Gasteiger partial charge in [-0.3, -0.25) is 0 Å². The van der Waals surface area contributed by atoms with Crippen LogP contribution in [0.5, 0.6) is 0 Å². The van der Waals surface area contributed by atoms with Gasteiger partial charge in [-0.2, -0.15) is 0 Å². The van der Waals surface area contributed by atoms with Crippen LogP contribution < -0.4 is 0 Å². The van der Waals surface area contributed by atoms with Crippen molar-refractivity contribution in [2.24, 2.45) is 0 Å². The molecule has 0 saturated carbocycles. The van der Waals surface area contributed by atoms with E-state index in [0.29, 0.717) is 11.9 Å². The third-order valence-corrected chi connectivity index (χ3v) is 5.27. The molecule has 1 atom stereocenters. The Labute approximate surface area is 141 Å². The van der Waals surface area contributed by atoms with Crippen LogP contribution in [0.3, 0.4) is 0 Å². The smallest absolute Gasteiger partial charge is 0.111 e. The molecule has 1 unspecified atom stereocenters. The SMILES string of the molecule is CCC(c1cccs1)n1c(CCCl)nc2cc(Br)ccc21. The molecule has 1 aromatic carbocycles. The molecule has 0 bridgehead atoms. The Morgan fingerprint density at radius 2 is 2.24 bits per heavy atom. The van der Waals surface area contributed by atoms with Gasteiger partial charge in [0.1, 0.15) is 5.82 Å². The van der Waals surface area contributed by atoms with E-state index >= 15 is 0 Å². The lowest BCUT2D eigenvalue weighted by molar-refractivity contribution is 0.567. The number of alkyl halides is 1. The average molecular weight is 384 g/mol. The molecule has 0 aliphatic heterocycles. The number of thiophene rings is 1. The molecular formula is C16H16BrClN2S. The predicted molar refractivity (Wildman–Crippen MR) is 94.6 cm³/mol. The van der Waals surface area contributed by atoms with E-state index < -0.39 is 0 Å². The largest absolute Gasteiger partial charge is 0.319 e. The van der Waals surface area contributed by atoms with Crippen molar-refractivity contribution >= 4 is 49.9 Å². The summed E-state index contributed by atoms with van der Waals surface area (Å²) in [7, 11) is 0. The molecule has 21 heavy (non-hydrogen) atoms. The second-order valence-electron chi connectivity index (χ2n) is 4.91. The molecule has 0 radical (unpaired) electrons. The maximum Gasteiger partial charge on any atom is 0.111 e. The molecule has 2 heterocycles. The first-order valence-electron chi connectivity index (χ1n) is 7.00. The van der Waals surface area contributed by atoms with Crippen LogP contribution in [0.1, 0.15) is 30.1 Å². The molecule has 0 fully saturated rings. The Hall–Kier alpha value is -0.840. The Morgan fingerprint density at radius 3 is 2.90 bits per heavy atom. The molecule has 2 nitrogen and oxygen atoms in total. The summed E-state index contributed by atoms with van der Waals surface area (Å²) in [5.74, 6) is 1.66. The molecule has 2 aromatic heterocycles. The maximum atomic E-state index is 5.98. The number of aryl methyl sites for hydroxylation is 1. The quantitative estimate of drug-likeness (QED) is 0.521. The van der Waals surface area contributed by atoms with E-state index in [1.165, 1.54) is 10.4 Å². The molecule has 0 aliphatic carbocycles. The van der Waals surface area contributed by atoms with Crippen molar-refractivity contribution in [1.29, 1.82) is 0 Å². The topological polar surface area (TPSA) is 17.8 Å². The normalized spacial score (nSPS) is 12.9.